The Balaban J connectivity index is 1.60. The third-order valence-corrected chi connectivity index (χ3v) is 7.98. The Bertz CT molecular complexity index is 1220. The first kappa shape index (κ1) is 34.1. The van der Waals surface area contributed by atoms with Crippen molar-refractivity contribution in [3.05, 3.63) is 76.7 Å². The highest BCUT2D eigenvalue weighted by Crippen LogP contribution is 2.33. The first-order chi connectivity index (χ1) is 20.6. The Labute approximate surface area is 258 Å². The molecular weight excluding hydrogens is 541 g/mol. The fraction of sp³-hybridized carbons (Fsp3) is 0.556. The molecule has 0 unspecified atom stereocenters. The van der Waals surface area contributed by atoms with E-state index in [0.717, 1.165) is 60.3 Å². The van der Waals surface area contributed by atoms with Crippen molar-refractivity contribution < 1.29 is 18.7 Å². The van der Waals surface area contributed by atoms with Crippen molar-refractivity contribution in [2.75, 3.05) is 13.2 Å². The maximum absolute atomic E-state index is 13.8. The third kappa shape index (κ3) is 11.3. The predicted octanol–water partition coefficient (Wildman–Crippen LogP) is 6.74. The van der Waals surface area contributed by atoms with Crippen LogP contribution in [0.15, 0.2) is 59.8 Å². The van der Waals surface area contributed by atoms with Gasteiger partial charge >= 0.3 is 0 Å². The van der Waals surface area contributed by atoms with E-state index in [1.807, 2.05) is 52.0 Å². The molecule has 2 amide bonds. The van der Waals surface area contributed by atoms with Gasteiger partial charge in [0.1, 0.15) is 23.7 Å². The standard InChI is InChI=1S/C36H52FN3O3/c1-7-20-43-32-16-9-8-13-29(32)14-11-19-38-35(41)31(23-27-17-18-27)39-36(42)34(25(4)5)40-33(24(2)3)26(6)21-28-12-10-15-30(37)22-28/h8-10,12-13,15-16,22,25-27,31,34,40H,7,11,14,17-21,23H2,1-6H3,(H,38,41)(H,39,42)/t26-,31+,34-/m1/s1. The first-order valence-electron chi connectivity index (χ1n) is 16.1. The molecular formula is C36H52FN3O3. The number of benzene rings is 2. The summed E-state index contributed by atoms with van der Waals surface area (Å²) in [6.45, 7) is 13.5. The van der Waals surface area contributed by atoms with E-state index >= 15 is 0 Å². The summed E-state index contributed by atoms with van der Waals surface area (Å²) in [6, 6.07) is 13.6. The lowest BCUT2D eigenvalue weighted by Gasteiger charge is -2.30. The molecule has 236 valence electrons. The van der Waals surface area contributed by atoms with Crippen LogP contribution in [0.25, 0.3) is 0 Å². The number of amides is 2. The number of aryl methyl sites for hydroxylation is 1. The van der Waals surface area contributed by atoms with E-state index in [1.54, 1.807) is 12.1 Å². The molecule has 3 N–H and O–H groups in total. The molecule has 0 bridgehead atoms. The van der Waals surface area contributed by atoms with Crippen molar-refractivity contribution in [3.8, 4) is 5.75 Å². The van der Waals surface area contributed by atoms with Crippen molar-refractivity contribution in [2.45, 2.75) is 98.6 Å². The van der Waals surface area contributed by atoms with Gasteiger partial charge in [0.25, 0.3) is 0 Å². The quantitative estimate of drug-likeness (QED) is 0.167. The minimum atomic E-state index is -0.567. The van der Waals surface area contributed by atoms with Gasteiger partial charge in [-0.2, -0.15) is 0 Å². The molecule has 1 aliphatic rings. The number of carbonyl (C=O) groups excluding carboxylic acids is 2. The summed E-state index contributed by atoms with van der Waals surface area (Å²) in [6.07, 6.45) is 6.04. The van der Waals surface area contributed by atoms with Gasteiger partial charge in [0.15, 0.2) is 0 Å². The smallest absolute Gasteiger partial charge is 0.243 e. The molecule has 3 rings (SSSR count). The minimum absolute atomic E-state index is 0.00430. The number of para-hydroxylation sites is 1. The van der Waals surface area contributed by atoms with Gasteiger partial charge in [0, 0.05) is 12.2 Å². The van der Waals surface area contributed by atoms with Crippen LogP contribution in [0.3, 0.4) is 0 Å². The summed E-state index contributed by atoms with van der Waals surface area (Å²) in [5.41, 5.74) is 4.11. The number of hydrogen-bond donors (Lipinski definition) is 3. The maximum atomic E-state index is 13.8. The summed E-state index contributed by atoms with van der Waals surface area (Å²) in [5, 5.41) is 9.69. The summed E-state index contributed by atoms with van der Waals surface area (Å²) in [4.78, 5) is 27.0. The Kier molecular flexibility index (Phi) is 13.6. The molecule has 3 atom stereocenters. The van der Waals surface area contributed by atoms with Crippen LogP contribution in [0, 0.1) is 23.6 Å². The van der Waals surface area contributed by atoms with Crippen LogP contribution in [0.4, 0.5) is 4.39 Å². The monoisotopic (exact) mass is 593 g/mol. The zero-order valence-electron chi connectivity index (χ0n) is 27.0. The topological polar surface area (TPSA) is 79.5 Å². The molecule has 2 aromatic rings. The molecule has 0 radical (unpaired) electrons. The summed E-state index contributed by atoms with van der Waals surface area (Å²) in [5.74, 6) is 0.891. The van der Waals surface area contributed by atoms with E-state index in [1.165, 1.54) is 6.07 Å². The number of allylic oxidation sites excluding steroid dienone is 2. The lowest BCUT2D eigenvalue weighted by molar-refractivity contribution is -0.130. The molecule has 0 aromatic heterocycles. The van der Waals surface area contributed by atoms with Crippen molar-refractivity contribution in [2.24, 2.45) is 17.8 Å². The highest BCUT2D eigenvalue weighted by atomic mass is 19.1. The molecule has 43 heavy (non-hydrogen) atoms. The number of nitrogens with one attached hydrogen (secondary N) is 3. The Morgan fingerprint density at radius 2 is 1.74 bits per heavy atom. The van der Waals surface area contributed by atoms with E-state index in [-0.39, 0.29) is 29.5 Å². The molecule has 0 saturated heterocycles. The van der Waals surface area contributed by atoms with Crippen LogP contribution in [0.1, 0.15) is 84.8 Å². The van der Waals surface area contributed by atoms with Gasteiger partial charge in [-0.25, -0.2) is 4.39 Å². The van der Waals surface area contributed by atoms with E-state index in [9.17, 15) is 14.0 Å². The van der Waals surface area contributed by atoms with Crippen LogP contribution >= 0.6 is 0 Å². The molecule has 0 spiro atoms. The Hall–Kier alpha value is -3.35. The molecule has 2 aromatic carbocycles. The van der Waals surface area contributed by atoms with Crippen LogP contribution in [0.2, 0.25) is 0 Å². The van der Waals surface area contributed by atoms with E-state index in [2.05, 4.69) is 35.9 Å². The summed E-state index contributed by atoms with van der Waals surface area (Å²) < 4.78 is 19.7. The van der Waals surface area contributed by atoms with E-state index in [4.69, 9.17) is 4.74 Å². The molecule has 1 fully saturated rings. The number of halogens is 1. The highest BCUT2D eigenvalue weighted by Gasteiger charge is 2.33. The van der Waals surface area contributed by atoms with Gasteiger partial charge in [-0.15, -0.1) is 0 Å². The van der Waals surface area contributed by atoms with E-state index in [0.29, 0.717) is 31.9 Å². The van der Waals surface area contributed by atoms with Gasteiger partial charge < -0.3 is 20.7 Å². The highest BCUT2D eigenvalue weighted by molar-refractivity contribution is 5.90. The number of rotatable bonds is 18. The van der Waals surface area contributed by atoms with Crippen molar-refractivity contribution in [3.63, 3.8) is 0 Å². The average molecular weight is 594 g/mol. The van der Waals surface area contributed by atoms with Gasteiger partial charge in [-0.1, -0.05) is 76.4 Å². The fourth-order valence-electron chi connectivity index (χ4n) is 5.46. The first-order valence-corrected chi connectivity index (χ1v) is 16.1. The second-order valence-corrected chi connectivity index (χ2v) is 12.6. The zero-order valence-corrected chi connectivity index (χ0v) is 27.0. The van der Waals surface area contributed by atoms with E-state index < -0.39 is 12.1 Å². The number of hydrogen-bond acceptors (Lipinski definition) is 4. The van der Waals surface area contributed by atoms with Crippen molar-refractivity contribution in [1.82, 2.24) is 16.0 Å². The Morgan fingerprint density at radius 1 is 1.00 bits per heavy atom. The lowest BCUT2D eigenvalue weighted by Crippen LogP contribution is -2.54. The Morgan fingerprint density at radius 3 is 2.40 bits per heavy atom. The third-order valence-electron chi connectivity index (χ3n) is 7.98. The van der Waals surface area contributed by atoms with Gasteiger partial charge in [0.2, 0.25) is 11.8 Å². The van der Waals surface area contributed by atoms with Crippen LogP contribution in [-0.4, -0.2) is 37.0 Å². The lowest BCUT2D eigenvalue weighted by atomic mass is 9.93. The summed E-state index contributed by atoms with van der Waals surface area (Å²) in [7, 11) is 0. The molecule has 1 aliphatic carbocycles. The van der Waals surface area contributed by atoms with Crippen LogP contribution in [0.5, 0.6) is 5.75 Å². The predicted molar refractivity (Wildman–Crippen MR) is 172 cm³/mol. The fourth-order valence-corrected chi connectivity index (χ4v) is 5.46. The van der Waals surface area contributed by atoms with Gasteiger partial charge in [0.05, 0.1) is 6.61 Å². The number of ether oxygens (including phenoxy) is 1. The minimum Gasteiger partial charge on any atom is -0.493 e. The largest absolute Gasteiger partial charge is 0.493 e. The molecule has 1 saturated carbocycles. The second-order valence-electron chi connectivity index (χ2n) is 12.6. The van der Waals surface area contributed by atoms with Crippen molar-refractivity contribution >= 4 is 11.8 Å². The summed E-state index contributed by atoms with van der Waals surface area (Å²) >= 11 is 0. The SMILES string of the molecule is CCCOc1ccccc1CCCNC(=O)[C@H](CC1CC1)NC(=O)[C@H](NC(=C(C)C)[C@H](C)Cc1cccc(F)c1)C(C)C. The van der Waals surface area contributed by atoms with Crippen LogP contribution in [-0.2, 0) is 22.4 Å². The molecule has 6 nitrogen and oxygen atoms in total. The normalized spacial score (nSPS) is 14.9. The van der Waals surface area contributed by atoms with Gasteiger partial charge in [-0.05, 0) is 93.0 Å². The van der Waals surface area contributed by atoms with Crippen molar-refractivity contribution in [1.29, 1.82) is 0 Å². The molecule has 0 heterocycles. The van der Waals surface area contributed by atoms with Gasteiger partial charge in [-0.3, -0.25) is 9.59 Å². The molecule has 0 aliphatic heterocycles. The second kappa shape index (κ2) is 17.1. The average Bonchev–Trinajstić information content (AvgIpc) is 3.78. The van der Waals surface area contributed by atoms with Crippen LogP contribution < -0.4 is 20.7 Å². The zero-order chi connectivity index (χ0) is 31.4. The molecule has 7 heteroatoms. The maximum Gasteiger partial charge on any atom is 0.243 e. The number of carbonyl (C=O) groups is 2.